The van der Waals surface area contributed by atoms with Crippen LogP contribution in [0.4, 0.5) is 0 Å². The van der Waals surface area contributed by atoms with Crippen LogP contribution in [0.3, 0.4) is 0 Å². The molecule has 1 aromatic rings. The Hall–Kier alpha value is -1.06. The highest BCUT2D eigenvalue weighted by Gasteiger charge is 2.40. The number of halogens is 1. The van der Waals surface area contributed by atoms with Crippen molar-refractivity contribution in [2.24, 2.45) is 5.73 Å². The highest BCUT2D eigenvalue weighted by Crippen LogP contribution is 2.43. The lowest BCUT2D eigenvalue weighted by Crippen LogP contribution is -2.18. The van der Waals surface area contributed by atoms with Crippen LogP contribution in [0.2, 0.25) is 5.02 Å². The smallest absolute Gasteiger partial charge is 0.339 e. The number of nitrogens with two attached hydrogens (primary N) is 1. The zero-order valence-corrected chi connectivity index (χ0v) is 9.17. The van der Waals surface area contributed by atoms with Gasteiger partial charge in [0, 0.05) is 5.54 Å². The number of carbonyl (C=O) groups excluding carboxylic acids is 1. The molecule has 1 aliphatic rings. The summed E-state index contributed by atoms with van der Waals surface area (Å²) in [5, 5.41) is 0.399. The molecule has 0 saturated heterocycles. The van der Waals surface area contributed by atoms with Crippen molar-refractivity contribution in [3.8, 4) is 0 Å². The molecule has 0 bridgehead atoms. The average Bonchev–Trinajstić information content (AvgIpc) is 2.96. The Morgan fingerprint density at radius 2 is 2.20 bits per heavy atom. The number of methoxy groups -OCH3 is 1. The summed E-state index contributed by atoms with van der Waals surface area (Å²) in [4.78, 5) is 11.3. The molecule has 15 heavy (non-hydrogen) atoms. The van der Waals surface area contributed by atoms with Crippen molar-refractivity contribution in [2.75, 3.05) is 7.11 Å². The maximum absolute atomic E-state index is 11.3. The highest BCUT2D eigenvalue weighted by molar-refractivity contribution is 6.33. The van der Waals surface area contributed by atoms with Gasteiger partial charge in [0.25, 0.3) is 0 Å². The third-order valence-corrected chi connectivity index (χ3v) is 3.05. The normalized spacial score (nSPS) is 17.3. The number of ether oxygens (including phenoxy) is 1. The summed E-state index contributed by atoms with van der Waals surface area (Å²) in [6.07, 6.45) is 1.95. The Bertz CT molecular complexity index is 413. The van der Waals surface area contributed by atoms with E-state index in [4.69, 9.17) is 17.3 Å². The van der Waals surface area contributed by atoms with E-state index in [-0.39, 0.29) is 5.54 Å². The van der Waals surface area contributed by atoms with E-state index in [2.05, 4.69) is 4.74 Å². The maximum atomic E-state index is 11.3. The fourth-order valence-electron chi connectivity index (χ4n) is 1.52. The topological polar surface area (TPSA) is 52.3 Å². The molecular weight excluding hydrogens is 214 g/mol. The largest absolute Gasteiger partial charge is 0.465 e. The van der Waals surface area contributed by atoms with Crippen molar-refractivity contribution in [2.45, 2.75) is 18.4 Å². The number of carbonyl (C=O) groups is 1. The number of benzene rings is 1. The monoisotopic (exact) mass is 225 g/mol. The van der Waals surface area contributed by atoms with Crippen LogP contribution in [0.15, 0.2) is 18.2 Å². The van der Waals surface area contributed by atoms with Gasteiger partial charge < -0.3 is 10.5 Å². The summed E-state index contributed by atoms with van der Waals surface area (Å²) in [5.74, 6) is -0.423. The van der Waals surface area contributed by atoms with Crippen molar-refractivity contribution in [3.05, 3.63) is 34.3 Å². The molecular formula is C11H12ClNO2. The van der Waals surface area contributed by atoms with E-state index in [1.54, 1.807) is 12.1 Å². The molecule has 3 nitrogen and oxygen atoms in total. The van der Waals surface area contributed by atoms with E-state index in [1.807, 2.05) is 6.07 Å². The third-order valence-electron chi connectivity index (χ3n) is 2.74. The number of esters is 1. The van der Waals surface area contributed by atoms with E-state index in [1.165, 1.54) is 7.11 Å². The first-order valence-electron chi connectivity index (χ1n) is 4.74. The van der Waals surface area contributed by atoms with E-state index in [0.717, 1.165) is 18.4 Å². The molecule has 80 valence electrons. The van der Waals surface area contributed by atoms with Gasteiger partial charge in [0.15, 0.2) is 0 Å². The summed E-state index contributed by atoms with van der Waals surface area (Å²) < 4.78 is 4.60. The Morgan fingerprint density at radius 3 is 2.67 bits per heavy atom. The minimum absolute atomic E-state index is 0.224. The van der Waals surface area contributed by atoms with E-state index < -0.39 is 5.97 Å². The van der Waals surface area contributed by atoms with Gasteiger partial charge in [-0.3, -0.25) is 0 Å². The Morgan fingerprint density at radius 1 is 1.53 bits per heavy atom. The van der Waals surface area contributed by atoms with Gasteiger partial charge in [0.2, 0.25) is 0 Å². The van der Waals surface area contributed by atoms with E-state index >= 15 is 0 Å². The molecule has 0 aliphatic heterocycles. The van der Waals surface area contributed by atoms with Crippen LogP contribution < -0.4 is 5.73 Å². The number of hydrogen-bond acceptors (Lipinski definition) is 3. The lowest BCUT2D eigenvalue weighted by molar-refractivity contribution is 0.0601. The van der Waals surface area contributed by atoms with Crippen molar-refractivity contribution in [3.63, 3.8) is 0 Å². The quantitative estimate of drug-likeness (QED) is 0.784. The molecule has 0 amide bonds. The van der Waals surface area contributed by atoms with Gasteiger partial charge in [-0.25, -0.2) is 4.79 Å². The van der Waals surface area contributed by atoms with Crippen LogP contribution >= 0.6 is 11.6 Å². The van der Waals surface area contributed by atoms with Crippen LogP contribution in [0, 0.1) is 0 Å². The molecule has 1 fully saturated rings. The molecule has 0 atom stereocenters. The minimum Gasteiger partial charge on any atom is -0.465 e. The predicted molar refractivity (Wildman–Crippen MR) is 57.9 cm³/mol. The van der Waals surface area contributed by atoms with Gasteiger partial charge in [-0.15, -0.1) is 0 Å². The second-order valence-electron chi connectivity index (χ2n) is 3.84. The van der Waals surface area contributed by atoms with Crippen molar-refractivity contribution in [1.82, 2.24) is 0 Å². The van der Waals surface area contributed by atoms with Gasteiger partial charge in [-0.1, -0.05) is 17.7 Å². The summed E-state index contributed by atoms with van der Waals surface area (Å²) in [6.45, 7) is 0. The first-order chi connectivity index (χ1) is 7.07. The van der Waals surface area contributed by atoms with Crippen LogP contribution in [-0.4, -0.2) is 13.1 Å². The molecule has 0 heterocycles. The lowest BCUT2D eigenvalue weighted by Gasteiger charge is -2.10. The fourth-order valence-corrected chi connectivity index (χ4v) is 1.78. The van der Waals surface area contributed by atoms with Gasteiger partial charge in [-0.2, -0.15) is 0 Å². The Kier molecular flexibility index (Phi) is 2.44. The fraction of sp³-hybridized carbons (Fsp3) is 0.364. The molecule has 2 N–H and O–H groups in total. The van der Waals surface area contributed by atoms with Crippen LogP contribution in [0.25, 0.3) is 0 Å². The van der Waals surface area contributed by atoms with Crippen molar-refractivity contribution >= 4 is 17.6 Å². The van der Waals surface area contributed by atoms with Crippen molar-refractivity contribution in [1.29, 1.82) is 0 Å². The molecule has 0 aromatic heterocycles. The van der Waals surface area contributed by atoms with Gasteiger partial charge in [-0.05, 0) is 30.5 Å². The first-order valence-corrected chi connectivity index (χ1v) is 5.12. The van der Waals surface area contributed by atoms with Crippen LogP contribution in [0.5, 0.6) is 0 Å². The number of hydrogen-bond donors (Lipinski definition) is 1. The predicted octanol–water partition coefficient (Wildman–Crippen LogP) is 2.07. The lowest BCUT2D eigenvalue weighted by atomic mass is 10.0. The molecule has 1 saturated carbocycles. The maximum Gasteiger partial charge on any atom is 0.339 e. The molecule has 1 aromatic carbocycles. The second kappa shape index (κ2) is 3.51. The molecule has 0 spiro atoms. The molecule has 4 heteroatoms. The second-order valence-corrected chi connectivity index (χ2v) is 4.25. The summed E-state index contributed by atoms with van der Waals surface area (Å²) in [6, 6.07) is 5.25. The van der Waals surface area contributed by atoms with Crippen LogP contribution in [-0.2, 0) is 10.3 Å². The standard InChI is InChI=1S/C11H12ClNO2/c1-15-10(14)8-3-2-7(6-9(8)12)11(13)4-5-11/h2-3,6H,4-5,13H2,1H3. The van der Waals surface area contributed by atoms with E-state index in [0.29, 0.717) is 10.6 Å². The zero-order valence-electron chi connectivity index (χ0n) is 8.42. The van der Waals surface area contributed by atoms with Gasteiger partial charge in [0.05, 0.1) is 17.7 Å². The summed E-state index contributed by atoms with van der Waals surface area (Å²) in [7, 11) is 1.33. The molecule has 2 rings (SSSR count). The zero-order chi connectivity index (χ0) is 11.1. The first kappa shape index (κ1) is 10.5. The molecule has 0 radical (unpaired) electrons. The Labute approximate surface area is 93.2 Å². The van der Waals surface area contributed by atoms with Gasteiger partial charge in [0.1, 0.15) is 0 Å². The van der Waals surface area contributed by atoms with E-state index in [9.17, 15) is 4.79 Å². The molecule has 1 aliphatic carbocycles. The summed E-state index contributed by atoms with van der Waals surface area (Å²) >= 11 is 5.98. The Balaban J connectivity index is 2.35. The van der Waals surface area contributed by atoms with Crippen molar-refractivity contribution < 1.29 is 9.53 Å². The highest BCUT2D eigenvalue weighted by atomic mass is 35.5. The minimum atomic E-state index is -0.423. The average molecular weight is 226 g/mol. The van der Waals surface area contributed by atoms with Gasteiger partial charge >= 0.3 is 5.97 Å². The third kappa shape index (κ3) is 1.85. The molecule has 0 unspecified atom stereocenters. The van der Waals surface area contributed by atoms with Crippen LogP contribution in [0.1, 0.15) is 28.8 Å². The SMILES string of the molecule is COC(=O)c1ccc(C2(N)CC2)cc1Cl. The summed E-state index contributed by atoms with van der Waals surface area (Å²) in [5.41, 5.74) is 7.16. The number of rotatable bonds is 2.